The van der Waals surface area contributed by atoms with Gasteiger partial charge in [-0.05, 0) is 12.1 Å². The van der Waals surface area contributed by atoms with Crippen molar-refractivity contribution in [3.05, 3.63) is 58.8 Å². The molecule has 140 valence electrons. The quantitative estimate of drug-likeness (QED) is 0.463. The van der Waals surface area contributed by atoms with Crippen LogP contribution in [0.15, 0.2) is 36.8 Å². The lowest BCUT2D eigenvalue weighted by molar-refractivity contribution is 0.631. The fourth-order valence-electron chi connectivity index (χ4n) is 2.34. The van der Waals surface area contributed by atoms with E-state index in [4.69, 9.17) is 22.3 Å². The summed E-state index contributed by atoms with van der Waals surface area (Å²) in [5.74, 6) is 0.862. The molecule has 0 atom stereocenters. The Morgan fingerprint density at radius 3 is 2.54 bits per heavy atom. The molecule has 0 saturated heterocycles. The fraction of sp³-hybridized carbons (Fsp3) is 0.0556. The van der Waals surface area contributed by atoms with Gasteiger partial charge >= 0.3 is 0 Å². The number of halogens is 2. The first-order valence-electron chi connectivity index (χ1n) is 7.97. The lowest BCUT2D eigenvalue weighted by Gasteiger charge is -2.14. The zero-order valence-corrected chi connectivity index (χ0v) is 15.3. The molecule has 0 radical (unpaired) electrons. The molecule has 2 heterocycles. The maximum Gasteiger partial charge on any atom is 0.149 e. The lowest BCUT2D eigenvalue weighted by atomic mass is 10.2. The maximum absolute atomic E-state index is 14.3. The minimum Gasteiger partial charge on any atom is -0.373 e. The zero-order valence-electron chi connectivity index (χ0n) is 14.6. The van der Waals surface area contributed by atoms with Crippen molar-refractivity contribution in [2.24, 2.45) is 0 Å². The van der Waals surface area contributed by atoms with Crippen LogP contribution in [0.3, 0.4) is 0 Å². The Morgan fingerprint density at radius 1 is 1.11 bits per heavy atom. The Labute approximate surface area is 164 Å². The van der Waals surface area contributed by atoms with E-state index in [2.05, 4.69) is 30.9 Å². The van der Waals surface area contributed by atoms with E-state index in [0.29, 0.717) is 28.7 Å². The third-order valence-corrected chi connectivity index (χ3v) is 4.00. The van der Waals surface area contributed by atoms with Crippen LogP contribution in [-0.4, -0.2) is 28.2 Å². The highest BCUT2D eigenvalue weighted by Gasteiger charge is 2.13. The van der Waals surface area contributed by atoms with Gasteiger partial charge in [-0.25, -0.2) is 19.3 Å². The van der Waals surface area contributed by atoms with Crippen molar-refractivity contribution < 1.29 is 4.39 Å². The molecule has 0 aliphatic heterocycles. The van der Waals surface area contributed by atoms with E-state index in [0.717, 1.165) is 12.3 Å². The van der Waals surface area contributed by atoms with Crippen LogP contribution in [-0.2, 0) is 0 Å². The highest BCUT2D eigenvalue weighted by Crippen LogP contribution is 2.31. The van der Waals surface area contributed by atoms with Gasteiger partial charge < -0.3 is 21.4 Å². The molecule has 3 rings (SSSR count). The number of benzene rings is 1. The molecular formula is C18H14ClFN8. The summed E-state index contributed by atoms with van der Waals surface area (Å²) in [5, 5.41) is 25.3. The molecule has 0 aliphatic rings. The van der Waals surface area contributed by atoms with Gasteiger partial charge in [0.05, 0.1) is 28.0 Å². The number of nitrogens with zero attached hydrogens (tertiary/aromatic N) is 4. The average Bonchev–Trinajstić information content (AvgIpc) is 2.70. The second-order valence-corrected chi connectivity index (χ2v) is 5.92. The molecule has 0 unspecified atom stereocenters. The fourth-order valence-corrected chi connectivity index (χ4v) is 2.60. The van der Waals surface area contributed by atoms with Crippen LogP contribution in [0.1, 0.15) is 11.1 Å². The van der Waals surface area contributed by atoms with Crippen LogP contribution in [0.5, 0.6) is 0 Å². The number of rotatable bonds is 6. The van der Waals surface area contributed by atoms with Crippen molar-refractivity contribution in [2.45, 2.75) is 0 Å². The van der Waals surface area contributed by atoms with Crippen LogP contribution in [0, 0.1) is 22.6 Å². The van der Waals surface area contributed by atoms with Gasteiger partial charge in [0, 0.05) is 37.2 Å². The highest BCUT2D eigenvalue weighted by atomic mass is 35.5. The Hall–Kier alpha value is -3.77. The van der Waals surface area contributed by atoms with E-state index in [-0.39, 0.29) is 16.3 Å². The van der Waals surface area contributed by atoms with Crippen molar-refractivity contribution >= 4 is 46.6 Å². The Bertz CT molecular complexity index is 1060. The van der Waals surface area contributed by atoms with E-state index in [1.54, 1.807) is 19.2 Å². The van der Waals surface area contributed by atoms with Gasteiger partial charge in [-0.3, -0.25) is 0 Å². The molecule has 0 spiro atoms. The number of nitrogens with one attached hydrogen (secondary N) is 4. The first-order chi connectivity index (χ1) is 13.5. The van der Waals surface area contributed by atoms with Crippen LogP contribution >= 0.6 is 11.6 Å². The molecule has 1 aromatic carbocycles. The molecule has 10 heteroatoms. The summed E-state index contributed by atoms with van der Waals surface area (Å²) in [7, 11) is 1.74. The van der Waals surface area contributed by atoms with E-state index < -0.39 is 5.82 Å². The summed E-state index contributed by atoms with van der Waals surface area (Å²) >= 11 is 6.10. The molecule has 3 aromatic rings. The minimum atomic E-state index is -0.680. The zero-order chi connectivity index (χ0) is 20.1. The standard InChI is InChI=1S/C18H14ClFN8/c1-23-15-5-17(26-9-25-15)28-16-4-14(11(7-22)8-24-16)27-18-12(19)2-10(6-21)3-13(18)20/h2-5,7-9,22H,1H3,(H3,23,24,25,26,27,28). The van der Waals surface area contributed by atoms with Crippen LogP contribution in [0.25, 0.3) is 0 Å². The number of nitriles is 1. The summed E-state index contributed by atoms with van der Waals surface area (Å²) in [5.41, 5.74) is 0.937. The summed E-state index contributed by atoms with van der Waals surface area (Å²) in [4.78, 5) is 12.4. The van der Waals surface area contributed by atoms with Gasteiger partial charge in [0.15, 0.2) is 0 Å². The molecule has 0 saturated carbocycles. The molecule has 0 bridgehead atoms. The molecule has 28 heavy (non-hydrogen) atoms. The van der Waals surface area contributed by atoms with E-state index in [1.165, 1.54) is 18.6 Å². The normalized spacial score (nSPS) is 10.1. The maximum atomic E-state index is 14.3. The molecule has 8 nitrogen and oxygen atoms in total. The summed E-state index contributed by atoms with van der Waals surface area (Å²) in [6.45, 7) is 0. The molecule has 2 aromatic heterocycles. The van der Waals surface area contributed by atoms with Crippen molar-refractivity contribution in [1.82, 2.24) is 15.0 Å². The van der Waals surface area contributed by atoms with Gasteiger partial charge in [-0.15, -0.1) is 0 Å². The highest BCUT2D eigenvalue weighted by molar-refractivity contribution is 6.33. The Morgan fingerprint density at radius 2 is 1.86 bits per heavy atom. The predicted octanol–water partition coefficient (Wildman–Crippen LogP) is 4.06. The third kappa shape index (κ3) is 4.13. The Kier molecular flexibility index (Phi) is 5.62. The number of aromatic nitrogens is 3. The summed E-state index contributed by atoms with van der Waals surface area (Å²) < 4.78 is 14.3. The second kappa shape index (κ2) is 8.28. The van der Waals surface area contributed by atoms with Crippen LogP contribution in [0.4, 0.5) is 33.2 Å². The largest absolute Gasteiger partial charge is 0.373 e. The van der Waals surface area contributed by atoms with Crippen LogP contribution < -0.4 is 16.0 Å². The van der Waals surface area contributed by atoms with Gasteiger partial charge in [-0.1, -0.05) is 11.6 Å². The van der Waals surface area contributed by atoms with Crippen molar-refractivity contribution in [1.29, 1.82) is 10.7 Å². The minimum absolute atomic E-state index is 0.000391. The van der Waals surface area contributed by atoms with E-state index in [9.17, 15) is 4.39 Å². The van der Waals surface area contributed by atoms with Gasteiger partial charge in [0.1, 0.15) is 29.6 Å². The Balaban J connectivity index is 1.94. The number of anilines is 5. The topological polar surface area (TPSA) is 122 Å². The second-order valence-electron chi connectivity index (χ2n) is 5.52. The van der Waals surface area contributed by atoms with E-state index in [1.807, 2.05) is 6.07 Å². The monoisotopic (exact) mass is 396 g/mol. The molecule has 0 aliphatic carbocycles. The number of pyridine rings is 1. The van der Waals surface area contributed by atoms with Crippen molar-refractivity contribution in [2.75, 3.05) is 23.0 Å². The van der Waals surface area contributed by atoms with Gasteiger partial charge in [0.2, 0.25) is 0 Å². The third-order valence-electron chi connectivity index (χ3n) is 3.70. The summed E-state index contributed by atoms with van der Waals surface area (Å²) in [6, 6.07) is 7.57. The first kappa shape index (κ1) is 19.0. The average molecular weight is 397 g/mol. The van der Waals surface area contributed by atoms with E-state index >= 15 is 0 Å². The van der Waals surface area contributed by atoms with Crippen molar-refractivity contribution in [3.8, 4) is 6.07 Å². The number of hydrogen-bond donors (Lipinski definition) is 4. The SMILES string of the molecule is CNc1cc(Nc2cc(Nc3c(F)cc(C#N)cc3Cl)c(C=N)cn2)ncn1. The summed E-state index contributed by atoms with van der Waals surface area (Å²) in [6.07, 6.45) is 3.93. The molecular weight excluding hydrogens is 383 g/mol. The van der Waals surface area contributed by atoms with Gasteiger partial charge in [0.25, 0.3) is 0 Å². The number of hydrogen-bond acceptors (Lipinski definition) is 8. The van der Waals surface area contributed by atoms with Crippen LogP contribution in [0.2, 0.25) is 5.02 Å². The molecule has 0 amide bonds. The molecule has 0 fully saturated rings. The van der Waals surface area contributed by atoms with Gasteiger partial charge in [-0.2, -0.15) is 5.26 Å². The predicted molar refractivity (Wildman–Crippen MR) is 106 cm³/mol. The molecule has 4 N–H and O–H groups in total. The first-order valence-corrected chi connectivity index (χ1v) is 8.35. The lowest BCUT2D eigenvalue weighted by Crippen LogP contribution is -2.03. The van der Waals surface area contributed by atoms with Crippen molar-refractivity contribution in [3.63, 3.8) is 0 Å². The smallest absolute Gasteiger partial charge is 0.149 e.